The van der Waals surface area contributed by atoms with Crippen molar-refractivity contribution in [1.29, 1.82) is 0 Å². The first-order valence-electron chi connectivity index (χ1n) is 10.7. The van der Waals surface area contributed by atoms with Crippen LogP contribution in [0.5, 0.6) is 0 Å². The number of pyridine rings is 1. The number of aromatic nitrogens is 2. The molecule has 1 aliphatic rings. The molecule has 33 heavy (non-hydrogen) atoms. The number of ether oxygens (including phenoxy) is 1. The number of benzene rings is 1. The zero-order chi connectivity index (χ0) is 24.1. The molecule has 0 saturated heterocycles. The van der Waals surface area contributed by atoms with E-state index in [9.17, 15) is 18.4 Å². The van der Waals surface area contributed by atoms with Crippen molar-refractivity contribution in [3.05, 3.63) is 70.7 Å². The Balaban J connectivity index is 1.90. The van der Waals surface area contributed by atoms with Gasteiger partial charge in [0.2, 0.25) is 0 Å². The second kappa shape index (κ2) is 8.10. The molecule has 1 aromatic carbocycles. The molecular weight excluding hydrogens is 428 g/mol. The zero-order valence-corrected chi connectivity index (χ0v) is 19.1. The molecule has 0 spiro atoms. The lowest BCUT2D eigenvalue weighted by atomic mass is 9.83. The number of aromatic amines is 1. The largest absolute Gasteiger partial charge is 0.459 e. The SMILES string of the molecule is Cc1cc(C(=O)N2C=C(C(=O)OC(C)C)c3[nH]c4cc(F)cnc4c3C(C)(C)C2)ccc1F. The number of H-pyrrole nitrogens is 1. The first-order valence-corrected chi connectivity index (χ1v) is 10.7. The molecule has 6 nitrogen and oxygen atoms in total. The minimum absolute atomic E-state index is 0.134. The normalized spacial score (nSPS) is 15.3. The van der Waals surface area contributed by atoms with E-state index in [1.165, 1.54) is 35.4 Å². The molecule has 4 rings (SSSR count). The lowest BCUT2D eigenvalue weighted by molar-refractivity contribution is -0.140. The molecule has 0 radical (unpaired) electrons. The van der Waals surface area contributed by atoms with Crippen LogP contribution in [0.2, 0.25) is 0 Å². The maximum absolute atomic E-state index is 13.8. The van der Waals surface area contributed by atoms with Crippen LogP contribution in [-0.2, 0) is 14.9 Å². The Kier molecular flexibility index (Phi) is 5.56. The lowest BCUT2D eigenvalue weighted by Crippen LogP contribution is -2.37. The molecule has 1 N–H and O–H groups in total. The average Bonchev–Trinajstić information content (AvgIpc) is 3.05. The van der Waals surface area contributed by atoms with E-state index in [1.807, 2.05) is 13.8 Å². The van der Waals surface area contributed by atoms with Crippen LogP contribution in [0.15, 0.2) is 36.7 Å². The number of hydrogen-bond acceptors (Lipinski definition) is 4. The van der Waals surface area contributed by atoms with Crippen molar-refractivity contribution in [2.24, 2.45) is 0 Å². The van der Waals surface area contributed by atoms with Gasteiger partial charge in [-0.3, -0.25) is 9.78 Å². The number of halogens is 2. The van der Waals surface area contributed by atoms with Gasteiger partial charge in [0.25, 0.3) is 5.91 Å². The predicted molar refractivity (Wildman–Crippen MR) is 120 cm³/mol. The van der Waals surface area contributed by atoms with Crippen molar-refractivity contribution in [3.8, 4) is 0 Å². The number of nitrogens with zero attached hydrogens (tertiary/aromatic N) is 2. The highest BCUT2D eigenvalue weighted by atomic mass is 19.1. The summed E-state index contributed by atoms with van der Waals surface area (Å²) >= 11 is 0. The number of carbonyl (C=O) groups excluding carboxylic acids is 2. The molecule has 1 aliphatic heterocycles. The van der Waals surface area contributed by atoms with Gasteiger partial charge in [-0.05, 0) is 44.5 Å². The van der Waals surface area contributed by atoms with Crippen molar-refractivity contribution >= 4 is 28.5 Å². The first-order chi connectivity index (χ1) is 15.5. The monoisotopic (exact) mass is 453 g/mol. The molecule has 0 aliphatic carbocycles. The fourth-order valence-corrected chi connectivity index (χ4v) is 4.19. The van der Waals surface area contributed by atoms with Crippen molar-refractivity contribution < 1.29 is 23.1 Å². The first kappa shape index (κ1) is 22.6. The van der Waals surface area contributed by atoms with Crippen LogP contribution in [-0.4, -0.2) is 39.4 Å². The molecule has 0 fully saturated rings. The molecule has 8 heteroatoms. The fraction of sp³-hybridized carbons (Fsp3) is 0.320. The van der Waals surface area contributed by atoms with Gasteiger partial charge in [0.1, 0.15) is 11.6 Å². The van der Waals surface area contributed by atoms with E-state index in [0.717, 1.165) is 6.20 Å². The van der Waals surface area contributed by atoms with Gasteiger partial charge in [0.15, 0.2) is 0 Å². The van der Waals surface area contributed by atoms with Crippen molar-refractivity contribution in [1.82, 2.24) is 14.9 Å². The highest BCUT2D eigenvalue weighted by molar-refractivity contribution is 6.18. The Hall–Kier alpha value is -3.55. The summed E-state index contributed by atoms with van der Waals surface area (Å²) in [4.78, 5) is 35.3. The standard InChI is InChI=1S/C25H25F2N3O3/c1-13(2)33-24(32)17-11-30(23(31)15-6-7-18(27)14(3)8-15)12-25(4,5)20-21(17)29-19-9-16(26)10-28-22(19)20/h6-11,13,29H,12H2,1-5H3. The molecule has 1 amide bonds. The average molecular weight is 453 g/mol. The minimum atomic E-state index is -0.667. The summed E-state index contributed by atoms with van der Waals surface area (Å²) in [7, 11) is 0. The van der Waals surface area contributed by atoms with E-state index >= 15 is 0 Å². The van der Waals surface area contributed by atoms with E-state index in [0.29, 0.717) is 33.4 Å². The minimum Gasteiger partial charge on any atom is -0.459 e. The number of rotatable bonds is 3. The van der Waals surface area contributed by atoms with E-state index < -0.39 is 23.0 Å². The van der Waals surface area contributed by atoms with E-state index in [1.54, 1.807) is 20.8 Å². The number of aryl methyl sites for hydroxylation is 1. The van der Waals surface area contributed by atoms with Crippen LogP contribution in [0.1, 0.15) is 54.9 Å². The maximum Gasteiger partial charge on any atom is 0.342 e. The summed E-state index contributed by atoms with van der Waals surface area (Å²) in [6.07, 6.45) is 2.18. The van der Waals surface area contributed by atoms with Crippen molar-refractivity contribution in [2.75, 3.05) is 6.54 Å². The number of amides is 1. The second-order valence-corrected chi connectivity index (χ2v) is 9.20. The fourth-order valence-electron chi connectivity index (χ4n) is 4.19. The third kappa shape index (κ3) is 4.13. The highest BCUT2D eigenvalue weighted by Crippen LogP contribution is 2.40. The summed E-state index contributed by atoms with van der Waals surface area (Å²) in [5.41, 5.74) is 2.21. The molecule has 0 bridgehead atoms. The van der Waals surface area contributed by atoms with Crippen LogP contribution >= 0.6 is 0 Å². The second-order valence-electron chi connectivity index (χ2n) is 9.20. The number of esters is 1. The molecule has 0 atom stereocenters. The van der Waals surface area contributed by atoms with Gasteiger partial charge in [-0.2, -0.15) is 0 Å². The zero-order valence-electron chi connectivity index (χ0n) is 19.1. The van der Waals surface area contributed by atoms with Gasteiger partial charge in [0, 0.05) is 35.4 Å². The Morgan fingerprint density at radius 1 is 1.21 bits per heavy atom. The van der Waals surface area contributed by atoms with Gasteiger partial charge in [-0.1, -0.05) is 13.8 Å². The Bertz CT molecular complexity index is 1310. The van der Waals surface area contributed by atoms with E-state index in [2.05, 4.69) is 9.97 Å². The number of nitrogens with one attached hydrogen (secondary N) is 1. The molecule has 0 saturated carbocycles. The summed E-state index contributed by atoms with van der Waals surface area (Å²) in [5, 5.41) is 0. The van der Waals surface area contributed by atoms with Gasteiger partial charge in [0.05, 0.1) is 34.6 Å². The maximum atomic E-state index is 13.8. The molecule has 3 aromatic rings. The van der Waals surface area contributed by atoms with Crippen LogP contribution in [0.3, 0.4) is 0 Å². The van der Waals surface area contributed by atoms with Crippen LogP contribution in [0, 0.1) is 18.6 Å². The summed E-state index contributed by atoms with van der Waals surface area (Å²) in [5.74, 6) is -1.91. The molecule has 0 unspecified atom stereocenters. The summed E-state index contributed by atoms with van der Waals surface area (Å²) < 4.78 is 33.1. The van der Waals surface area contributed by atoms with Crippen LogP contribution in [0.25, 0.3) is 16.6 Å². The number of hydrogen-bond donors (Lipinski definition) is 1. The topological polar surface area (TPSA) is 75.3 Å². The smallest absolute Gasteiger partial charge is 0.342 e. The molecule has 2 aromatic heterocycles. The van der Waals surface area contributed by atoms with Gasteiger partial charge >= 0.3 is 5.97 Å². The third-order valence-corrected chi connectivity index (χ3v) is 5.63. The lowest BCUT2D eigenvalue weighted by Gasteiger charge is -2.29. The van der Waals surface area contributed by atoms with E-state index in [-0.39, 0.29) is 24.1 Å². The quantitative estimate of drug-likeness (QED) is 0.574. The van der Waals surface area contributed by atoms with Gasteiger partial charge in [-0.15, -0.1) is 0 Å². The number of carbonyl (C=O) groups is 2. The van der Waals surface area contributed by atoms with Crippen LogP contribution < -0.4 is 0 Å². The third-order valence-electron chi connectivity index (χ3n) is 5.63. The Morgan fingerprint density at radius 2 is 1.94 bits per heavy atom. The summed E-state index contributed by atoms with van der Waals surface area (Å²) in [6, 6.07) is 5.47. The molecule has 172 valence electrons. The predicted octanol–water partition coefficient (Wildman–Crippen LogP) is 4.88. The number of fused-ring (bicyclic) bond motifs is 3. The van der Waals surface area contributed by atoms with Crippen molar-refractivity contribution in [3.63, 3.8) is 0 Å². The van der Waals surface area contributed by atoms with E-state index in [4.69, 9.17) is 4.74 Å². The summed E-state index contributed by atoms with van der Waals surface area (Å²) in [6.45, 7) is 9.09. The highest BCUT2D eigenvalue weighted by Gasteiger charge is 2.38. The van der Waals surface area contributed by atoms with Crippen LogP contribution in [0.4, 0.5) is 8.78 Å². The van der Waals surface area contributed by atoms with Gasteiger partial charge < -0.3 is 14.6 Å². The van der Waals surface area contributed by atoms with Crippen molar-refractivity contribution in [2.45, 2.75) is 46.1 Å². The molecule has 3 heterocycles. The Morgan fingerprint density at radius 3 is 2.61 bits per heavy atom. The van der Waals surface area contributed by atoms with Gasteiger partial charge in [-0.25, -0.2) is 13.6 Å². The molecular formula is C25H25F2N3O3. The Labute approximate surface area is 190 Å².